The Kier molecular flexibility index (Phi) is 3.54. The van der Waals surface area contributed by atoms with E-state index >= 15 is 0 Å². The Labute approximate surface area is 126 Å². The number of hydrogen-bond donors (Lipinski definition) is 2. The molecule has 0 aliphatic heterocycles. The second-order valence-corrected chi connectivity index (χ2v) is 4.98. The number of ether oxygens (including phenoxy) is 1. The van der Waals surface area contributed by atoms with E-state index in [0.717, 1.165) is 10.9 Å². The molecule has 1 aromatic heterocycles. The number of nitrogens with one attached hydrogen (secondary N) is 2. The van der Waals surface area contributed by atoms with Crippen molar-refractivity contribution in [1.82, 2.24) is 4.98 Å². The fourth-order valence-corrected chi connectivity index (χ4v) is 2.33. The molecule has 2 N–H and O–H groups in total. The number of rotatable bonds is 3. The van der Waals surface area contributed by atoms with Crippen LogP contribution in [0, 0.1) is 0 Å². The molecule has 0 saturated heterocycles. The van der Waals surface area contributed by atoms with Gasteiger partial charge in [0.1, 0.15) is 11.4 Å². The zero-order valence-corrected chi connectivity index (χ0v) is 12.1. The van der Waals surface area contributed by atoms with Gasteiger partial charge in [0.05, 0.1) is 12.1 Å². The molecule has 0 atom stereocenters. The Hall–Kier alpha value is -2.46. The minimum atomic E-state index is -0.212. The van der Waals surface area contributed by atoms with Crippen molar-refractivity contribution in [1.29, 1.82) is 0 Å². The van der Waals surface area contributed by atoms with Gasteiger partial charge in [0.2, 0.25) is 0 Å². The Bertz CT molecular complexity index is 778. The molecule has 0 spiro atoms. The van der Waals surface area contributed by atoms with Crippen molar-refractivity contribution in [3.05, 3.63) is 59.2 Å². The van der Waals surface area contributed by atoms with Crippen LogP contribution in [0.2, 0.25) is 5.02 Å². The lowest BCUT2D eigenvalue weighted by Crippen LogP contribution is -2.12. The summed E-state index contributed by atoms with van der Waals surface area (Å²) >= 11 is 5.96. The highest BCUT2D eigenvalue weighted by atomic mass is 35.5. The summed E-state index contributed by atoms with van der Waals surface area (Å²) in [5.74, 6) is 0.307. The van der Waals surface area contributed by atoms with Gasteiger partial charge in [0.25, 0.3) is 5.91 Å². The van der Waals surface area contributed by atoms with E-state index < -0.39 is 0 Å². The number of anilines is 1. The maximum Gasteiger partial charge on any atom is 0.272 e. The molecule has 1 amide bonds. The van der Waals surface area contributed by atoms with E-state index in [0.29, 0.717) is 22.2 Å². The second kappa shape index (κ2) is 5.50. The van der Waals surface area contributed by atoms with Gasteiger partial charge in [0, 0.05) is 22.7 Å². The van der Waals surface area contributed by atoms with E-state index in [2.05, 4.69) is 10.3 Å². The number of para-hydroxylation sites is 1. The van der Waals surface area contributed by atoms with Gasteiger partial charge in [-0.25, -0.2) is 0 Å². The number of aromatic amines is 1. The average molecular weight is 301 g/mol. The van der Waals surface area contributed by atoms with Crippen molar-refractivity contribution >= 4 is 34.1 Å². The van der Waals surface area contributed by atoms with Crippen LogP contribution in [0.15, 0.2) is 48.5 Å². The van der Waals surface area contributed by atoms with Crippen LogP contribution in [-0.4, -0.2) is 18.0 Å². The third-order valence-corrected chi connectivity index (χ3v) is 3.50. The topological polar surface area (TPSA) is 54.1 Å². The molecule has 0 aliphatic rings. The lowest BCUT2D eigenvalue weighted by molar-refractivity contribution is 0.102. The molecule has 3 rings (SSSR count). The Balaban J connectivity index is 1.85. The van der Waals surface area contributed by atoms with E-state index in [-0.39, 0.29) is 5.91 Å². The molecule has 0 fully saturated rings. The average Bonchev–Trinajstić information content (AvgIpc) is 2.93. The van der Waals surface area contributed by atoms with E-state index in [9.17, 15) is 4.79 Å². The van der Waals surface area contributed by atoms with Gasteiger partial charge in [0.15, 0.2) is 0 Å². The normalized spacial score (nSPS) is 10.6. The van der Waals surface area contributed by atoms with E-state index in [1.54, 1.807) is 18.2 Å². The summed E-state index contributed by atoms with van der Waals surface area (Å²) in [5.41, 5.74) is 2.06. The van der Waals surface area contributed by atoms with Crippen molar-refractivity contribution in [3.63, 3.8) is 0 Å². The third-order valence-electron chi connectivity index (χ3n) is 3.18. The first-order valence-corrected chi connectivity index (χ1v) is 6.78. The van der Waals surface area contributed by atoms with Crippen LogP contribution in [0.3, 0.4) is 0 Å². The molecule has 5 heteroatoms. The largest absolute Gasteiger partial charge is 0.495 e. The Morgan fingerprint density at radius 2 is 2.00 bits per heavy atom. The van der Waals surface area contributed by atoms with Crippen molar-refractivity contribution < 1.29 is 9.53 Å². The maximum absolute atomic E-state index is 12.3. The monoisotopic (exact) mass is 300 g/mol. The Morgan fingerprint density at radius 3 is 2.76 bits per heavy atom. The summed E-state index contributed by atoms with van der Waals surface area (Å²) in [5, 5.41) is 4.31. The van der Waals surface area contributed by atoms with Crippen LogP contribution < -0.4 is 10.1 Å². The van der Waals surface area contributed by atoms with Crippen LogP contribution in [-0.2, 0) is 0 Å². The molecule has 0 saturated carbocycles. The van der Waals surface area contributed by atoms with Crippen LogP contribution in [0.5, 0.6) is 5.75 Å². The number of carbonyl (C=O) groups excluding carboxylic acids is 1. The molecule has 2 aromatic carbocycles. The number of hydrogen-bond acceptors (Lipinski definition) is 2. The predicted octanol–water partition coefficient (Wildman–Crippen LogP) is 4.08. The lowest BCUT2D eigenvalue weighted by Gasteiger charge is -2.07. The second-order valence-electron chi connectivity index (χ2n) is 4.57. The number of amides is 1. The molecule has 4 nitrogen and oxygen atoms in total. The minimum Gasteiger partial charge on any atom is -0.495 e. The summed E-state index contributed by atoms with van der Waals surface area (Å²) in [6.45, 7) is 0. The Morgan fingerprint density at radius 1 is 1.19 bits per heavy atom. The summed E-state index contributed by atoms with van der Waals surface area (Å²) < 4.78 is 5.13. The molecule has 21 heavy (non-hydrogen) atoms. The predicted molar refractivity (Wildman–Crippen MR) is 84.3 cm³/mol. The molecule has 0 unspecified atom stereocenters. The van der Waals surface area contributed by atoms with Gasteiger partial charge in [-0.2, -0.15) is 0 Å². The molecular weight excluding hydrogens is 288 g/mol. The molecular formula is C16H13ClN2O2. The highest BCUT2D eigenvalue weighted by Crippen LogP contribution is 2.27. The van der Waals surface area contributed by atoms with Crippen LogP contribution in [0.1, 0.15) is 10.5 Å². The van der Waals surface area contributed by atoms with Crippen molar-refractivity contribution in [2.45, 2.75) is 0 Å². The van der Waals surface area contributed by atoms with Gasteiger partial charge in [-0.1, -0.05) is 29.8 Å². The molecule has 3 aromatic rings. The number of methoxy groups -OCH3 is 1. The molecule has 0 radical (unpaired) electrons. The fourth-order valence-electron chi connectivity index (χ4n) is 2.13. The standard InChI is InChI=1S/C16H13ClN2O2/c1-21-15-9-11(6-7-12(15)17)18-16(20)14-8-10-4-2-3-5-13(10)19-14/h2-9,19H,1H3,(H,18,20). The molecule has 1 heterocycles. The van der Waals surface area contributed by atoms with Crippen molar-refractivity contribution in [2.75, 3.05) is 12.4 Å². The zero-order chi connectivity index (χ0) is 14.8. The summed E-state index contributed by atoms with van der Waals surface area (Å²) in [6, 6.07) is 14.6. The van der Waals surface area contributed by atoms with Crippen molar-refractivity contribution in [2.24, 2.45) is 0 Å². The number of aromatic nitrogens is 1. The molecule has 0 aliphatic carbocycles. The van der Waals surface area contributed by atoms with E-state index in [1.807, 2.05) is 30.3 Å². The quantitative estimate of drug-likeness (QED) is 0.765. The smallest absolute Gasteiger partial charge is 0.272 e. The van der Waals surface area contributed by atoms with Crippen LogP contribution >= 0.6 is 11.6 Å². The van der Waals surface area contributed by atoms with Crippen LogP contribution in [0.25, 0.3) is 10.9 Å². The third kappa shape index (κ3) is 2.71. The van der Waals surface area contributed by atoms with Gasteiger partial charge >= 0.3 is 0 Å². The zero-order valence-electron chi connectivity index (χ0n) is 11.3. The summed E-state index contributed by atoms with van der Waals surface area (Å²) in [4.78, 5) is 15.3. The summed E-state index contributed by atoms with van der Waals surface area (Å²) in [6.07, 6.45) is 0. The number of halogens is 1. The SMILES string of the molecule is COc1cc(NC(=O)c2cc3ccccc3[nH]2)ccc1Cl. The first-order valence-electron chi connectivity index (χ1n) is 6.40. The van der Waals surface area contributed by atoms with Gasteiger partial charge in [-0.3, -0.25) is 4.79 Å². The number of carbonyl (C=O) groups is 1. The van der Waals surface area contributed by atoms with E-state index in [1.165, 1.54) is 7.11 Å². The van der Waals surface area contributed by atoms with Gasteiger partial charge in [-0.15, -0.1) is 0 Å². The molecule has 106 valence electrons. The highest BCUT2D eigenvalue weighted by molar-refractivity contribution is 6.32. The minimum absolute atomic E-state index is 0.212. The number of benzene rings is 2. The fraction of sp³-hybridized carbons (Fsp3) is 0.0625. The molecule has 0 bridgehead atoms. The first-order chi connectivity index (χ1) is 10.2. The number of H-pyrrole nitrogens is 1. The van der Waals surface area contributed by atoms with Crippen molar-refractivity contribution in [3.8, 4) is 5.75 Å². The lowest BCUT2D eigenvalue weighted by atomic mass is 10.2. The first kappa shape index (κ1) is 13.5. The number of fused-ring (bicyclic) bond motifs is 1. The highest BCUT2D eigenvalue weighted by Gasteiger charge is 2.10. The van der Waals surface area contributed by atoms with E-state index in [4.69, 9.17) is 16.3 Å². The van der Waals surface area contributed by atoms with Gasteiger partial charge < -0.3 is 15.0 Å². The summed E-state index contributed by atoms with van der Waals surface area (Å²) in [7, 11) is 1.53. The van der Waals surface area contributed by atoms with Crippen LogP contribution in [0.4, 0.5) is 5.69 Å². The van der Waals surface area contributed by atoms with Gasteiger partial charge in [-0.05, 0) is 24.3 Å². The maximum atomic E-state index is 12.3.